The highest BCUT2D eigenvalue weighted by atomic mass is 127. The first-order valence-corrected chi connectivity index (χ1v) is 5.79. The smallest absolute Gasteiger partial charge is 0.243 e. The van der Waals surface area contributed by atoms with Gasteiger partial charge in [0.1, 0.15) is 6.54 Å². The van der Waals surface area contributed by atoms with Crippen molar-refractivity contribution < 1.29 is 4.79 Å². The third-order valence-corrected chi connectivity index (χ3v) is 2.65. The second-order valence-electron chi connectivity index (χ2n) is 4.45. The van der Waals surface area contributed by atoms with Gasteiger partial charge in [-0.25, -0.2) is 4.99 Å². The van der Waals surface area contributed by atoms with E-state index in [-0.39, 0.29) is 36.4 Å². The van der Waals surface area contributed by atoms with Crippen LogP contribution in [0.15, 0.2) is 4.99 Å². The number of hydrogen-bond donors (Lipinski definition) is 2. The fourth-order valence-corrected chi connectivity index (χ4v) is 1.31. The van der Waals surface area contributed by atoms with Crippen LogP contribution in [0.4, 0.5) is 0 Å². The molecule has 0 bridgehead atoms. The summed E-state index contributed by atoms with van der Waals surface area (Å²) in [5.41, 5.74) is 0. The summed E-state index contributed by atoms with van der Waals surface area (Å²) < 4.78 is 0. The molecule has 0 saturated heterocycles. The summed E-state index contributed by atoms with van der Waals surface area (Å²) >= 11 is 0. The van der Waals surface area contributed by atoms with Crippen LogP contribution in [0.3, 0.4) is 0 Å². The molecule has 5 nitrogen and oxygen atoms in total. The Morgan fingerprint density at radius 2 is 2.06 bits per heavy atom. The maximum Gasteiger partial charge on any atom is 0.243 e. The Morgan fingerprint density at radius 3 is 2.47 bits per heavy atom. The van der Waals surface area contributed by atoms with Crippen LogP contribution < -0.4 is 10.6 Å². The van der Waals surface area contributed by atoms with Gasteiger partial charge in [0.2, 0.25) is 5.91 Å². The van der Waals surface area contributed by atoms with E-state index in [9.17, 15) is 4.79 Å². The molecule has 6 heteroatoms. The molecular formula is C11H23IN4O. The van der Waals surface area contributed by atoms with E-state index in [1.54, 1.807) is 19.0 Å². The number of nitrogens with one attached hydrogen (secondary N) is 2. The molecule has 0 spiro atoms. The minimum atomic E-state index is 0. The Kier molecular flexibility index (Phi) is 7.49. The number of carbonyl (C=O) groups excluding carboxylic acids is 1. The minimum absolute atomic E-state index is 0. The molecule has 17 heavy (non-hydrogen) atoms. The number of nitrogens with zero attached hydrogens (tertiary/aromatic N) is 2. The van der Waals surface area contributed by atoms with Gasteiger partial charge in [0.15, 0.2) is 5.96 Å². The first kappa shape index (κ1) is 16.5. The van der Waals surface area contributed by atoms with Crippen molar-refractivity contribution in [1.82, 2.24) is 15.5 Å². The first-order valence-electron chi connectivity index (χ1n) is 5.79. The van der Waals surface area contributed by atoms with Gasteiger partial charge in [-0.05, 0) is 19.3 Å². The maximum absolute atomic E-state index is 11.4. The van der Waals surface area contributed by atoms with Crippen LogP contribution in [-0.2, 0) is 4.79 Å². The largest absolute Gasteiger partial charge is 0.357 e. The van der Waals surface area contributed by atoms with Crippen LogP contribution in [0, 0.1) is 5.92 Å². The van der Waals surface area contributed by atoms with Crippen molar-refractivity contribution in [2.75, 3.05) is 27.2 Å². The van der Waals surface area contributed by atoms with Crippen LogP contribution in [0.1, 0.15) is 20.3 Å². The normalized spacial score (nSPS) is 22.5. The summed E-state index contributed by atoms with van der Waals surface area (Å²) in [6, 6.07) is 0.521. The Balaban J connectivity index is 0.00000256. The minimum Gasteiger partial charge on any atom is -0.357 e. The molecular weight excluding hydrogens is 331 g/mol. The van der Waals surface area contributed by atoms with Crippen molar-refractivity contribution in [3.8, 4) is 0 Å². The SMILES string of the molecule is CCNC(=NCC(=O)N(C)C)NC1CC1C.I. The molecule has 1 aliphatic carbocycles. The van der Waals surface area contributed by atoms with Crippen molar-refractivity contribution in [1.29, 1.82) is 0 Å². The number of aliphatic imine (C=N–C) groups is 1. The van der Waals surface area contributed by atoms with E-state index in [4.69, 9.17) is 0 Å². The van der Waals surface area contributed by atoms with E-state index in [0.717, 1.165) is 12.5 Å². The van der Waals surface area contributed by atoms with E-state index in [0.29, 0.717) is 12.0 Å². The van der Waals surface area contributed by atoms with E-state index < -0.39 is 0 Å². The summed E-state index contributed by atoms with van der Waals surface area (Å²) in [4.78, 5) is 17.2. The molecule has 1 aliphatic rings. The summed E-state index contributed by atoms with van der Waals surface area (Å²) in [5, 5.41) is 6.44. The molecule has 2 unspecified atom stereocenters. The molecule has 0 heterocycles. The summed E-state index contributed by atoms with van der Waals surface area (Å²) in [6.45, 7) is 5.22. The van der Waals surface area contributed by atoms with Gasteiger partial charge in [-0.1, -0.05) is 6.92 Å². The zero-order chi connectivity index (χ0) is 12.1. The van der Waals surface area contributed by atoms with Gasteiger partial charge in [-0.15, -0.1) is 24.0 Å². The number of hydrogen-bond acceptors (Lipinski definition) is 2. The molecule has 0 aromatic rings. The highest BCUT2D eigenvalue weighted by molar-refractivity contribution is 14.0. The van der Waals surface area contributed by atoms with Gasteiger partial charge in [0.05, 0.1) is 0 Å². The van der Waals surface area contributed by atoms with Crippen molar-refractivity contribution in [3.63, 3.8) is 0 Å². The van der Waals surface area contributed by atoms with Gasteiger partial charge >= 0.3 is 0 Å². The number of likely N-dealkylation sites (N-methyl/N-ethyl adjacent to an activating group) is 1. The quantitative estimate of drug-likeness (QED) is 0.443. The highest BCUT2D eigenvalue weighted by Crippen LogP contribution is 2.28. The van der Waals surface area contributed by atoms with Crippen LogP contribution in [0.25, 0.3) is 0 Å². The Hall–Kier alpha value is -0.530. The summed E-state index contributed by atoms with van der Waals surface area (Å²) in [5.74, 6) is 1.47. The molecule has 2 atom stereocenters. The number of rotatable bonds is 4. The third-order valence-electron chi connectivity index (χ3n) is 2.65. The van der Waals surface area contributed by atoms with Gasteiger partial charge in [-0.2, -0.15) is 0 Å². The van der Waals surface area contributed by atoms with E-state index in [1.807, 2.05) is 6.92 Å². The number of halogens is 1. The van der Waals surface area contributed by atoms with Gasteiger partial charge in [-0.3, -0.25) is 4.79 Å². The Morgan fingerprint density at radius 1 is 1.47 bits per heavy atom. The summed E-state index contributed by atoms with van der Waals surface area (Å²) in [6.07, 6.45) is 1.19. The third kappa shape index (κ3) is 6.09. The van der Waals surface area contributed by atoms with Crippen LogP contribution in [0.2, 0.25) is 0 Å². The lowest BCUT2D eigenvalue weighted by Crippen LogP contribution is -2.40. The van der Waals surface area contributed by atoms with Gasteiger partial charge < -0.3 is 15.5 Å². The average Bonchev–Trinajstić information content (AvgIpc) is 2.90. The molecule has 2 N–H and O–H groups in total. The first-order chi connectivity index (χ1) is 7.54. The van der Waals surface area contributed by atoms with E-state index in [1.165, 1.54) is 6.42 Å². The monoisotopic (exact) mass is 354 g/mol. The van der Waals surface area contributed by atoms with Crippen molar-refractivity contribution >= 4 is 35.8 Å². The van der Waals surface area contributed by atoms with Gasteiger partial charge in [0, 0.05) is 26.7 Å². The fourth-order valence-electron chi connectivity index (χ4n) is 1.31. The number of amides is 1. The Bertz CT molecular complexity index is 281. The van der Waals surface area contributed by atoms with Crippen molar-refractivity contribution in [2.45, 2.75) is 26.3 Å². The lowest BCUT2D eigenvalue weighted by molar-refractivity contribution is -0.127. The van der Waals surface area contributed by atoms with Gasteiger partial charge in [0.25, 0.3) is 0 Å². The molecule has 0 aromatic carbocycles. The number of guanidine groups is 1. The average molecular weight is 354 g/mol. The lowest BCUT2D eigenvalue weighted by atomic mass is 10.5. The van der Waals surface area contributed by atoms with Crippen LogP contribution in [0.5, 0.6) is 0 Å². The molecule has 0 aliphatic heterocycles. The van der Waals surface area contributed by atoms with E-state index in [2.05, 4.69) is 22.5 Å². The zero-order valence-electron chi connectivity index (χ0n) is 11.0. The topological polar surface area (TPSA) is 56.7 Å². The summed E-state index contributed by atoms with van der Waals surface area (Å²) in [7, 11) is 3.47. The second-order valence-corrected chi connectivity index (χ2v) is 4.45. The van der Waals surface area contributed by atoms with Crippen molar-refractivity contribution in [3.05, 3.63) is 0 Å². The molecule has 0 radical (unpaired) electrons. The molecule has 1 amide bonds. The molecule has 1 rings (SSSR count). The predicted molar refractivity (Wildman–Crippen MR) is 80.8 cm³/mol. The maximum atomic E-state index is 11.4. The van der Waals surface area contributed by atoms with Crippen LogP contribution in [-0.4, -0.2) is 50.0 Å². The van der Waals surface area contributed by atoms with Crippen LogP contribution >= 0.6 is 24.0 Å². The molecule has 1 fully saturated rings. The lowest BCUT2D eigenvalue weighted by Gasteiger charge is -2.12. The van der Waals surface area contributed by atoms with E-state index >= 15 is 0 Å². The second kappa shape index (κ2) is 7.73. The number of carbonyl (C=O) groups is 1. The molecule has 100 valence electrons. The Labute approximate surface area is 120 Å². The molecule has 1 saturated carbocycles. The molecule has 0 aromatic heterocycles. The zero-order valence-corrected chi connectivity index (χ0v) is 13.3. The standard InChI is InChI=1S/C11H22N4O.HI/c1-5-12-11(14-9-6-8(9)2)13-7-10(16)15(3)4;/h8-9H,5-7H2,1-4H3,(H2,12,13,14);1H. The predicted octanol–water partition coefficient (Wildman–Crippen LogP) is 0.656. The van der Waals surface area contributed by atoms with Crippen molar-refractivity contribution in [2.24, 2.45) is 10.9 Å². The highest BCUT2D eigenvalue weighted by Gasteiger charge is 2.33. The fraction of sp³-hybridized carbons (Fsp3) is 0.818.